The lowest BCUT2D eigenvalue weighted by Gasteiger charge is -2.17. The normalized spacial score (nSPS) is 12.2. The van der Waals surface area contributed by atoms with Gasteiger partial charge in [-0.25, -0.2) is 0 Å². The number of hydrogen-bond donors (Lipinski definition) is 6. The lowest BCUT2D eigenvalue weighted by atomic mass is 10.1. The summed E-state index contributed by atoms with van der Waals surface area (Å²) in [5.74, 6) is 0.303. The van der Waals surface area contributed by atoms with Crippen molar-refractivity contribution in [3.8, 4) is 34.5 Å². The zero-order valence-electron chi connectivity index (χ0n) is 31.0. The summed E-state index contributed by atoms with van der Waals surface area (Å²) in [5.41, 5.74) is 3.21. The van der Waals surface area contributed by atoms with Crippen LogP contribution in [-0.2, 0) is 0 Å². The highest BCUT2D eigenvalue weighted by atomic mass is 16.3. The SMILES string of the molecule is CN(C)c1ccc(C=NC(C)(C)CN=Cc2ccc(O)cc2O)c(O)c1.CN(C)c1ccc(C=NCC(C)(C)N=Cc2ccc(O)cc2O)c(O)c1. The maximum absolute atomic E-state index is 10.1. The van der Waals surface area contributed by atoms with E-state index in [0.29, 0.717) is 35.3 Å². The van der Waals surface area contributed by atoms with Crippen molar-refractivity contribution in [3.05, 3.63) is 95.1 Å². The highest BCUT2D eigenvalue weighted by molar-refractivity contribution is 5.86. The van der Waals surface area contributed by atoms with Crippen molar-refractivity contribution in [2.45, 2.75) is 38.8 Å². The van der Waals surface area contributed by atoms with Gasteiger partial charge in [0, 0.05) is 111 Å². The lowest BCUT2D eigenvalue weighted by Crippen LogP contribution is -2.21. The van der Waals surface area contributed by atoms with Gasteiger partial charge in [0.15, 0.2) is 0 Å². The van der Waals surface area contributed by atoms with Gasteiger partial charge in [-0.2, -0.15) is 0 Å². The number of rotatable bonds is 12. The first kappa shape index (κ1) is 40.4. The van der Waals surface area contributed by atoms with Crippen LogP contribution in [0.25, 0.3) is 0 Å². The van der Waals surface area contributed by atoms with E-state index in [1.807, 2.05) is 90.0 Å². The van der Waals surface area contributed by atoms with Gasteiger partial charge in [0.1, 0.15) is 34.5 Å². The summed E-state index contributed by atoms with van der Waals surface area (Å²) >= 11 is 0. The van der Waals surface area contributed by atoms with Crippen molar-refractivity contribution in [3.63, 3.8) is 0 Å². The number of benzene rings is 4. The van der Waals surface area contributed by atoms with Gasteiger partial charge in [0.25, 0.3) is 0 Å². The third-order valence-electron chi connectivity index (χ3n) is 7.61. The van der Waals surface area contributed by atoms with Crippen LogP contribution in [-0.4, -0.2) is 108 Å². The molecule has 6 N–H and O–H groups in total. The van der Waals surface area contributed by atoms with E-state index >= 15 is 0 Å². The highest BCUT2D eigenvalue weighted by Gasteiger charge is 2.16. The zero-order valence-corrected chi connectivity index (χ0v) is 31.0. The van der Waals surface area contributed by atoms with Crippen LogP contribution in [0.1, 0.15) is 49.9 Å². The molecule has 0 aliphatic rings. The van der Waals surface area contributed by atoms with Crippen LogP contribution in [0.4, 0.5) is 11.4 Å². The standard InChI is InChI=1S/2C20H25N3O3/c1-20(2,13-21-11-14-6-8-17(24)10-19(14)26)22-12-15-5-7-16(23(3)4)9-18(15)25;1-20(2,22-12-15-6-8-17(24)10-19(15)26)13-21-11-14-5-7-16(23(3)4)9-18(14)25/h2*5-12,24-26H,13H2,1-4H3. The second-order valence-corrected chi connectivity index (χ2v) is 13.8. The van der Waals surface area contributed by atoms with E-state index in [-0.39, 0.29) is 34.5 Å². The minimum absolute atomic E-state index is 0.00334. The molecular weight excluding hydrogens is 660 g/mol. The smallest absolute Gasteiger partial charge is 0.128 e. The van der Waals surface area contributed by atoms with E-state index in [1.54, 1.807) is 49.1 Å². The molecule has 276 valence electrons. The van der Waals surface area contributed by atoms with Crippen LogP contribution >= 0.6 is 0 Å². The quantitative estimate of drug-likeness (QED) is 0.0919. The summed E-state index contributed by atoms with van der Waals surface area (Å²) in [6.45, 7) is 8.53. The number of aromatic hydroxyl groups is 6. The number of phenolic OH excluding ortho intramolecular Hbond substituents is 6. The molecule has 0 saturated carbocycles. The Labute approximate surface area is 305 Å². The van der Waals surface area contributed by atoms with Gasteiger partial charge >= 0.3 is 0 Å². The molecule has 0 aliphatic heterocycles. The third kappa shape index (κ3) is 12.7. The zero-order chi connectivity index (χ0) is 38.6. The van der Waals surface area contributed by atoms with Crippen LogP contribution in [0, 0.1) is 0 Å². The summed E-state index contributed by atoms with van der Waals surface area (Å²) in [4.78, 5) is 21.5. The van der Waals surface area contributed by atoms with Crippen molar-refractivity contribution >= 4 is 36.2 Å². The number of aliphatic imine (C=N–C) groups is 4. The third-order valence-corrected chi connectivity index (χ3v) is 7.61. The van der Waals surface area contributed by atoms with Crippen molar-refractivity contribution in [1.82, 2.24) is 0 Å². The molecule has 0 amide bonds. The molecule has 4 rings (SSSR count). The molecule has 52 heavy (non-hydrogen) atoms. The summed E-state index contributed by atoms with van der Waals surface area (Å²) in [7, 11) is 7.65. The molecule has 0 spiro atoms. The molecule has 0 saturated heterocycles. The molecule has 0 radical (unpaired) electrons. The van der Waals surface area contributed by atoms with E-state index in [4.69, 9.17) is 0 Å². The van der Waals surface area contributed by atoms with Gasteiger partial charge in [0.2, 0.25) is 0 Å². The van der Waals surface area contributed by atoms with Crippen LogP contribution in [0.2, 0.25) is 0 Å². The molecule has 0 heterocycles. The molecule has 0 aliphatic carbocycles. The minimum Gasteiger partial charge on any atom is -0.508 e. The summed E-state index contributed by atoms with van der Waals surface area (Å²) in [6.07, 6.45) is 6.38. The van der Waals surface area contributed by atoms with E-state index in [1.165, 1.54) is 24.3 Å². The maximum Gasteiger partial charge on any atom is 0.128 e. The second-order valence-electron chi connectivity index (χ2n) is 13.8. The van der Waals surface area contributed by atoms with Crippen LogP contribution < -0.4 is 9.80 Å². The molecule has 4 aromatic rings. The Balaban J connectivity index is 0.000000280. The van der Waals surface area contributed by atoms with Gasteiger partial charge in [-0.3, -0.25) is 20.0 Å². The predicted octanol–water partition coefficient (Wildman–Crippen LogP) is 6.37. The lowest BCUT2D eigenvalue weighted by molar-refractivity contribution is 0.449. The fraction of sp³-hybridized carbons (Fsp3) is 0.300. The van der Waals surface area contributed by atoms with Crippen molar-refractivity contribution in [2.75, 3.05) is 51.1 Å². The largest absolute Gasteiger partial charge is 0.508 e. The first-order valence-electron chi connectivity index (χ1n) is 16.5. The first-order chi connectivity index (χ1) is 24.4. The summed E-state index contributed by atoms with van der Waals surface area (Å²) in [5, 5.41) is 58.3. The molecule has 0 atom stereocenters. The van der Waals surface area contributed by atoms with Crippen LogP contribution in [0.15, 0.2) is 92.8 Å². The van der Waals surface area contributed by atoms with E-state index in [9.17, 15) is 30.6 Å². The van der Waals surface area contributed by atoms with Gasteiger partial charge in [0.05, 0.1) is 24.2 Å². The number of phenols is 6. The Kier molecular flexibility index (Phi) is 13.8. The van der Waals surface area contributed by atoms with E-state index in [2.05, 4.69) is 20.0 Å². The number of nitrogens with zero attached hydrogens (tertiary/aromatic N) is 6. The Morgan fingerprint density at radius 1 is 0.462 bits per heavy atom. The fourth-order valence-corrected chi connectivity index (χ4v) is 4.43. The van der Waals surface area contributed by atoms with Gasteiger partial charge < -0.3 is 40.4 Å². The molecule has 12 heteroatoms. The molecule has 0 aromatic heterocycles. The minimum atomic E-state index is -0.486. The van der Waals surface area contributed by atoms with Gasteiger partial charge in [-0.05, 0) is 76.2 Å². The van der Waals surface area contributed by atoms with Crippen molar-refractivity contribution < 1.29 is 30.6 Å². The Bertz CT molecular complexity index is 1930. The molecule has 0 fully saturated rings. The molecular formula is C40H50N6O6. The Morgan fingerprint density at radius 2 is 0.769 bits per heavy atom. The van der Waals surface area contributed by atoms with Crippen LogP contribution in [0.3, 0.4) is 0 Å². The van der Waals surface area contributed by atoms with Crippen LogP contribution in [0.5, 0.6) is 34.5 Å². The highest BCUT2D eigenvalue weighted by Crippen LogP contribution is 2.25. The van der Waals surface area contributed by atoms with E-state index in [0.717, 1.165) is 11.4 Å². The summed E-state index contributed by atoms with van der Waals surface area (Å²) in [6, 6.07) is 19.6. The predicted molar refractivity (Wildman–Crippen MR) is 213 cm³/mol. The van der Waals surface area contributed by atoms with Gasteiger partial charge in [-0.15, -0.1) is 0 Å². The topological polar surface area (TPSA) is 177 Å². The van der Waals surface area contributed by atoms with Gasteiger partial charge in [-0.1, -0.05) is 0 Å². The second kappa shape index (κ2) is 17.8. The monoisotopic (exact) mass is 710 g/mol. The molecule has 0 unspecified atom stereocenters. The molecule has 0 bridgehead atoms. The maximum atomic E-state index is 10.1. The van der Waals surface area contributed by atoms with Crippen molar-refractivity contribution in [2.24, 2.45) is 20.0 Å². The molecule has 4 aromatic carbocycles. The average Bonchev–Trinajstić information content (AvgIpc) is 3.05. The number of hydrogen-bond acceptors (Lipinski definition) is 12. The Morgan fingerprint density at radius 3 is 1.08 bits per heavy atom. The van der Waals surface area contributed by atoms with E-state index < -0.39 is 11.1 Å². The fourth-order valence-electron chi connectivity index (χ4n) is 4.43. The number of anilines is 2. The summed E-state index contributed by atoms with van der Waals surface area (Å²) < 4.78 is 0. The Hall–Kier alpha value is -6.04. The van der Waals surface area contributed by atoms with Crippen molar-refractivity contribution in [1.29, 1.82) is 0 Å². The molecule has 12 nitrogen and oxygen atoms in total. The average molecular weight is 711 g/mol. The first-order valence-corrected chi connectivity index (χ1v) is 16.5.